The molecule has 1 saturated carbocycles. The van der Waals surface area contributed by atoms with Gasteiger partial charge in [-0.15, -0.1) is 12.3 Å². The van der Waals surface area contributed by atoms with Gasteiger partial charge in [0.1, 0.15) is 0 Å². The predicted molar refractivity (Wildman–Crippen MR) is 71.3 cm³/mol. The second-order valence-electron chi connectivity index (χ2n) is 5.75. The molecule has 0 aliphatic heterocycles. The standard InChI is InChI=1S/C15H27N/c1-5-6-9-14(16-4)15(12-13(2)3)10-7-8-11-15/h1,13-14,16H,6-12H2,2-4H3. The van der Waals surface area contributed by atoms with Crippen LogP contribution in [0.1, 0.15) is 58.8 Å². The summed E-state index contributed by atoms with van der Waals surface area (Å²) in [5.41, 5.74) is 0.528. The summed E-state index contributed by atoms with van der Waals surface area (Å²) >= 11 is 0. The van der Waals surface area contributed by atoms with Crippen LogP contribution in [0.4, 0.5) is 0 Å². The van der Waals surface area contributed by atoms with Crippen molar-refractivity contribution in [3.8, 4) is 12.3 Å². The molecule has 0 saturated heterocycles. The van der Waals surface area contributed by atoms with Gasteiger partial charge in [-0.25, -0.2) is 0 Å². The van der Waals surface area contributed by atoms with Crippen molar-refractivity contribution in [3.05, 3.63) is 0 Å². The molecule has 92 valence electrons. The van der Waals surface area contributed by atoms with E-state index >= 15 is 0 Å². The van der Waals surface area contributed by atoms with Gasteiger partial charge in [0.15, 0.2) is 0 Å². The maximum Gasteiger partial charge on any atom is 0.0130 e. The summed E-state index contributed by atoms with van der Waals surface area (Å²) in [6, 6.07) is 0.619. The van der Waals surface area contributed by atoms with Crippen LogP contribution >= 0.6 is 0 Å². The van der Waals surface area contributed by atoms with Gasteiger partial charge in [0.2, 0.25) is 0 Å². The van der Waals surface area contributed by atoms with E-state index in [9.17, 15) is 0 Å². The van der Waals surface area contributed by atoms with Gasteiger partial charge in [0.05, 0.1) is 0 Å². The topological polar surface area (TPSA) is 12.0 Å². The first-order valence-electron chi connectivity index (χ1n) is 6.75. The van der Waals surface area contributed by atoms with Crippen molar-refractivity contribution in [1.82, 2.24) is 5.32 Å². The van der Waals surface area contributed by atoms with E-state index in [4.69, 9.17) is 6.42 Å². The van der Waals surface area contributed by atoms with E-state index in [0.29, 0.717) is 11.5 Å². The monoisotopic (exact) mass is 221 g/mol. The average Bonchev–Trinajstić information content (AvgIpc) is 2.67. The van der Waals surface area contributed by atoms with Crippen molar-refractivity contribution in [2.75, 3.05) is 7.05 Å². The normalized spacial score (nSPS) is 20.9. The molecule has 1 heteroatoms. The molecule has 1 N–H and O–H groups in total. The van der Waals surface area contributed by atoms with Crippen LogP contribution in [0, 0.1) is 23.7 Å². The van der Waals surface area contributed by atoms with Gasteiger partial charge in [0.25, 0.3) is 0 Å². The van der Waals surface area contributed by atoms with E-state index in [1.807, 2.05) is 0 Å². The molecule has 1 unspecified atom stereocenters. The van der Waals surface area contributed by atoms with Crippen molar-refractivity contribution >= 4 is 0 Å². The van der Waals surface area contributed by atoms with Gasteiger partial charge in [-0.05, 0) is 44.1 Å². The molecule has 0 spiro atoms. The fourth-order valence-corrected chi connectivity index (χ4v) is 3.57. The Hall–Kier alpha value is -0.480. The third kappa shape index (κ3) is 3.25. The molecule has 0 aromatic carbocycles. The van der Waals surface area contributed by atoms with Crippen LogP contribution < -0.4 is 5.32 Å². The molecule has 0 amide bonds. The lowest BCUT2D eigenvalue weighted by molar-refractivity contribution is 0.155. The van der Waals surface area contributed by atoms with Crippen LogP contribution in [0.3, 0.4) is 0 Å². The molecule has 16 heavy (non-hydrogen) atoms. The number of hydrogen-bond donors (Lipinski definition) is 1. The Labute approximate surface area is 101 Å². The number of rotatable bonds is 6. The summed E-state index contributed by atoms with van der Waals surface area (Å²) in [4.78, 5) is 0. The summed E-state index contributed by atoms with van der Waals surface area (Å²) in [7, 11) is 2.10. The molecule has 1 fully saturated rings. The highest BCUT2D eigenvalue weighted by Crippen LogP contribution is 2.46. The van der Waals surface area contributed by atoms with E-state index in [-0.39, 0.29) is 0 Å². The van der Waals surface area contributed by atoms with Crippen molar-refractivity contribution in [3.63, 3.8) is 0 Å². The first kappa shape index (κ1) is 13.6. The average molecular weight is 221 g/mol. The lowest BCUT2D eigenvalue weighted by Crippen LogP contribution is -2.43. The first-order valence-corrected chi connectivity index (χ1v) is 6.75. The van der Waals surface area contributed by atoms with Gasteiger partial charge in [-0.3, -0.25) is 0 Å². The SMILES string of the molecule is C#CCCC(NC)C1(CC(C)C)CCCC1. The largest absolute Gasteiger partial charge is 0.316 e. The molecular weight excluding hydrogens is 194 g/mol. The van der Waals surface area contributed by atoms with Crippen molar-refractivity contribution < 1.29 is 0 Å². The fourth-order valence-electron chi connectivity index (χ4n) is 3.57. The smallest absolute Gasteiger partial charge is 0.0130 e. The Balaban J connectivity index is 2.69. The van der Waals surface area contributed by atoms with Crippen LogP contribution in [0.2, 0.25) is 0 Å². The summed E-state index contributed by atoms with van der Waals surface area (Å²) in [5.74, 6) is 3.58. The molecule has 0 bridgehead atoms. The van der Waals surface area contributed by atoms with Crippen molar-refractivity contribution in [2.45, 2.75) is 64.8 Å². The minimum absolute atomic E-state index is 0.528. The maximum absolute atomic E-state index is 5.40. The number of hydrogen-bond acceptors (Lipinski definition) is 1. The fraction of sp³-hybridized carbons (Fsp3) is 0.867. The zero-order valence-corrected chi connectivity index (χ0v) is 11.2. The summed E-state index contributed by atoms with van der Waals surface area (Å²) in [6.45, 7) is 4.68. The lowest BCUT2D eigenvalue weighted by Gasteiger charge is -2.39. The van der Waals surface area contributed by atoms with Gasteiger partial charge in [0, 0.05) is 12.5 Å². The lowest BCUT2D eigenvalue weighted by atomic mass is 9.71. The minimum Gasteiger partial charge on any atom is -0.316 e. The van der Waals surface area contributed by atoms with Crippen LogP contribution in [-0.2, 0) is 0 Å². The van der Waals surface area contributed by atoms with E-state index in [0.717, 1.165) is 18.8 Å². The quantitative estimate of drug-likeness (QED) is 0.676. The van der Waals surface area contributed by atoms with E-state index in [1.54, 1.807) is 0 Å². The molecule has 0 aromatic heterocycles. The highest BCUT2D eigenvalue weighted by molar-refractivity contribution is 4.97. The van der Waals surface area contributed by atoms with Crippen LogP contribution in [0.5, 0.6) is 0 Å². The van der Waals surface area contributed by atoms with Gasteiger partial charge in [-0.2, -0.15) is 0 Å². The van der Waals surface area contributed by atoms with Crippen LogP contribution in [0.15, 0.2) is 0 Å². The molecule has 1 nitrogen and oxygen atoms in total. The van der Waals surface area contributed by atoms with Gasteiger partial charge in [-0.1, -0.05) is 26.7 Å². The Kier molecular flexibility index (Phi) is 5.35. The zero-order chi connectivity index (χ0) is 12.0. The second kappa shape index (κ2) is 6.30. The summed E-state index contributed by atoms with van der Waals surface area (Å²) in [6.07, 6.45) is 14.4. The maximum atomic E-state index is 5.40. The zero-order valence-electron chi connectivity index (χ0n) is 11.2. The van der Waals surface area contributed by atoms with E-state index in [1.165, 1.54) is 32.1 Å². The molecular formula is C15H27N. The predicted octanol–water partition coefficient (Wildman–Crippen LogP) is 3.59. The van der Waals surface area contributed by atoms with Crippen LogP contribution in [-0.4, -0.2) is 13.1 Å². The second-order valence-corrected chi connectivity index (χ2v) is 5.75. The van der Waals surface area contributed by atoms with E-state index in [2.05, 4.69) is 32.1 Å². The van der Waals surface area contributed by atoms with E-state index < -0.39 is 0 Å². The minimum atomic E-state index is 0.528. The van der Waals surface area contributed by atoms with Gasteiger partial charge < -0.3 is 5.32 Å². The molecule has 0 heterocycles. The molecule has 0 aromatic rings. The molecule has 1 aliphatic carbocycles. The van der Waals surface area contributed by atoms with Crippen LogP contribution in [0.25, 0.3) is 0 Å². The first-order chi connectivity index (χ1) is 7.64. The molecule has 0 radical (unpaired) electrons. The van der Waals surface area contributed by atoms with Crippen molar-refractivity contribution in [1.29, 1.82) is 0 Å². The highest BCUT2D eigenvalue weighted by atomic mass is 14.9. The Morgan fingerprint density at radius 3 is 2.38 bits per heavy atom. The summed E-state index contributed by atoms with van der Waals surface area (Å²) in [5, 5.41) is 3.53. The molecule has 1 atom stereocenters. The number of nitrogens with one attached hydrogen (secondary N) is 1. The Bertz CT molecular complexity index is 230. The molecule has 1 aliphatic rings. The summed E-state index contributed by atoms with van der Waals surface area (Å²) < 4.78 is 0. The highest BCUT2D eigenvalue weighted by Gasteiger charge is 2.40. The van der Waals surface area contributed by atoms with Gasteiger partial charge >= 0.3 is 0 Å². The third-order valence-corrected chi connectivity index (χ3v) is 4.08. The molecule has 1 rings (SSSR count). The number of terminal acetylenes is 1. The van der Waals surface area contributed by atoms with Crippen molar-refractivity contribution in [2.24, 2.45) is 11.3 Å². The Morgan fingerprint density at radius 2 is 1.94 bits per heavy atom. The third-order valence-electron chi connectivity index (χ3n) is 4.08. The Morgan fingerprint density at radius 1 is 1.31 bits per heavy atom.